The van der Waals surface area contributed by atoms with Crippen LogP contribution in [0.3, 0.4) is 0 Å². The second-order valence-electron chi connectivity index (χ2n) is 9.75. The van der Waals surface area contributed by atoms with Crippen molar-refractivity contribution in [1.82, 2.24) is 19.9 Å². The van der Waals surface area contributed by atoms with Gasteiger partial charge in [0.15, 0.2) is 0 Å². The van der Waals surface area contributed by atoms with Crippen LogP contribution in [0.4, 0.5) is 11.4 Å². The first-order valence-electron chi connectivity index (χ1n) is 13.3. The van der Waals surface area contributed by atoms with E-state index in [1.54, 1.807) is 18.6 Å². The van der Waals surface area contributed by atoms with Crippen LogP contribution in [0.25, 0.3) is 11.3 Å². The van der Waals surface area contributed by atoms with Crippen LogP contribution in [-0.2, 0) is 6.42 Å². The molecule has 0 saturated carbocycles. The molecule has 3 heterocycles. The van der Waals surface area contributed by atoms with Crippen LogP contribution >= 0.6 is 0 Å². The number of piperazine rings is 1. The topological polar surface area (TPSA) is 74.2 Å². The summed E-state index contributed by atoms with van der Waals surface area (Å²) < 4.78 is 0. The van der Waals surface area contributed by atoms with Gasteiger partial charge in [-0.2, -0.15) is 0 Å². The molecule has 7 heteroatoms. The van der Waals surface area contributed by atoms with E-state index in [0.29, 0.717) is 17.8 Å². The summed E-state index contributed by atoms with van der Waals surface area (Å²) >= 11 is 0. The van der Waals surface area contributed by atoms with Gasteiger partial charge in [0.25, 0.3) is 5.91 Å². The number of pyridine rings is 1. The predicted octanol–water partition coefficient (Wildman–Crippen LogP) is 5.22. The molecule has 5 rings (SSSR count). The molecule has 0 radical (unpaired) electrons. The maximum Gasteiger partial charge on any atom is 0.255 e. The zero-order valence-electron chi connectivity index (χ0n) is 22.1. The first-order chi connectivity index (χ1) is 18.6. The number of nitrogens with one attached hydrogen (secondary N) is 1. The Hall–Kier alpha value is -4.10. The monoisotopic (exact) mass is 506 g/mol. The van der Waals surface area contributed by atoms with Crippen LogP contribution in [-0.4, -0.2) is 58.5 Å². The number of rotatable bonds is 8. The number of carbonyl (C=O) groups is 1. The van der Waals surface area contributed by atoms with Gasteiger partial charge in [0.05, 0.1) is 5.69 Å². The van der Waals surface area contributed by atoms with Gasteiger partial charge in [0.2, 0.25) is 0 Å². The van der Waals surface area contributed by atoms with Crippen molar-refractivity contribution in [2.24, 2.45) is 0 Å². The van der Waals surface area contributed by atoms with Gasteiger partial charge in [-0.25, -0.2) is 9.97 Å². The Kier molecular flexibility index (Phi) is 8.04. The number of nitrogens with zero attached hydrogens (tertiary/aromatic N) is 5. The molecule has 1 aliphatic rings. The summed E-state index contributed by atoms with van der Waals surface area (Å²) in [7, 11) is 0. The molecule has 2 aromatic carbocycles. The second-order valence-corrected chi connectivity index (χ2v) is 9.75. The average molecular weight is 507 g/mol. The molecule has 0 unspecified atom stereocenters. The Bertz CT molecular complexity index is 1370. The van der Waals surface area contributed by atoms with E-state index in [0.717, 1.165) is 54.3 Å². The first-order valence-corrected chi connectivity index (χ1v) is 13.3. The molecule has 4 aromatic rings. The molecule has 194 valence electrons. The van der Waals surface area contributed by atoms with Gasteiger partial charge in [-0.05, 0) is 85.6 Å². The van der Waals surface area contributed by atoms with Crippen molar-refractivity contribution in [3.63, 3.8) is 0 Å². The number of carbonyl (C=O) groups excluding carboxylic acids is 1. The normalized spacial score (nSPS) is 13.9. The zero-order valence-corrected chi connectivity index (χ0v) is 22.1. The van der Waals surface area contributed by atoms with Crippen LogP contribution in [0.15, 0.2) is 79.3 Å². The smallest absolute Gasteiger partial charge is 0.255 e. The molecular formula is C31H34N6O. The van der Waals surface area contributed by atoms with Crippen molar-refractivity contribution >= 4 is 17.3 Å². The lowest BCUT2D eigenvalue weighted by atomic mass is 10.0. The number of hydrogen-bond acceptors (Lipinski definition) is 6. The SMILES string of the molecule is CCCN1CCN(c2ccc(NC(=O)c3ccc(C)c(Cc4nccc(-c5cccnc5)n4)c3)cc2)CC1. The zero-order chi connectivity index (χ0) is 26.3. The molecule has 1 fully saturated rings. The van der Waals surface area contributed by atoms with E-state index in [-0.39, 0.29) is 5.91 Å². The minimum Gasteiger partial charge on any atom is -0.369 e. The number of anilines is 2. The highest BCUT2D eigenvalue weighted by molar-refractivity contribution is 6.04. The van der Waals surface area contributed by atoms with Gasteiger partial charge < -0.3 is 10.2 Å². The van der Waals surface area contributed by atoms with E-state index in [4.69, 9.17) is 4.98 Å². The number of aromatic nitrogens is 3. The van der Waals surface area contributed by atoms with Gasteiger partial charge in [-0.3, -0.25) is 14.7 Å². The van der Waals surface area contributed by atoms with Gasteiger partial charge >= 0.3 is 0 Å². The molecule has 7 nitrogen and oxygen atoms in total. The molecule has 1 amide bonds. The fourth-order valence-corrected chi connectivity index (χ4v) is 4.84. The Morgan fingerprint density at radius 1 is 0.974 bits per heavy atom. The number of aryl methyl sites for hydroxylation is 1. The van der Waals surface area contributed by atoms with Crippen LogP contribution in [0, 0.1) is 6.92 Å². The van der Waals surface area contributed by atoms with Gasteiger partial charge in [-0.1, -0.05) is 13.0 Å². The molecule has 1 N–H and O–H groups in total. The average Bonchev–Trinajstić information content (AvgIpc) is 2.96. The third-order valence-electron chi connectivity index (χ3n) is 7.03. The summed E-state index contributed by atoms with van der Waals surface area (Å²) in [5, 5.41) is 3.05. The molecule has 1 aliphatic heterocycles. The van der Waals surface area contributed by atoms with E-state index in [9.17, 15) is 4.79 Å². The Morgan fingerprint density at radius 3 is 2.53 bits per heavy atom. The van der Waals surface area contributed by atoms with Gasteiger partial charge in [0.1, 0.15) is 5.82 Å². The third kappa shape index (κ3) is 6.23. The van der Waals surface area contributed by atoms with Crippen molar-refractivity contribution in [1.29, 1.82) is 0 Å². The quantitative estimate of drug-likeness (QED) is 0.353. The maximum absolute atomic E-state index is 13.1. The van der Waals surface area contributed by atoms with Crippen molar-refractivity contribution in [3.8, 4) is 11.3 Å². The molecular weight excluding hydrogens is 472 g/mol. The fraction of sp³-hybridized carbons (Fsp3) is 0.290. The van der Waals surface area contributed by atoms with Crippen molar-refractivity contribution in [2.45, 2.75) is 26.7 Å². The molecule has 38 heavy (non-hydrogen) atoms. The molecule has 0 spiro atoms. The lowest BCUT2D eigenvalue weighted by Gasteiger charge is -2.36. The van der Waals surface area contributed by atoms with Gasteiger partial charge in [-0.15, -0.1) is 0 Å². The first kappa shape index (κ1) is 25.5. The predicted molar refractivity (Wildman–Crippen MR) is 153 cm³/mol. The summed E-state index contributed by atoms with van der Waals surface area (Å²) in [6.45, 7) is 9.71. The third-order valence-corrected chi connectivity index (χ3v) is 7.03. The lowest BCUT2D eigenvalue weighted by molar-refractivity contribution is 0.102. The van der Waals surface area contributed by atoms with Crippen molar-refractivity contribution in [3.05, 3.63) is 102 Å². The van der Waals surface area contributed by atoms with Crippen molar-refractivity contribution < 1.29 is 4.79 Å². The number of amides is 1. The van der Waals surface area contributed by atoms with Crippen molar-refractivity contribution in [2.75, 3.05) is 42.9 Å². The minimum absolute atomic E-state index is 0.128. The summed E-state index contributed by atoms with van der Waals surface area (Å²) in [6, 6.07) is 19.7. The minimum atomic E-state index is -0.128. The molecule has 0 aliphatic carbocycles. The summed E-state index contributed by atoms with van der Waals surface area (Å²) in [5.74, 6) is 0.579. The van der Waals surface area contributed by atoms with Crippen LogP contribution in [0.2, 0.25) is 0 Å². The van der Waals surface area contributed by atoms with E-state index in [2.05, 4.69) is 44.1 Å². The lowest BCUT2D eigenvalue weighted by Crippen LogP contribution is -2.46. The van der Waals surface area contributed by atoms with Gasteiger partial charge in [0, 0.05) is 73.7 Å². The molecule has 1 saturated heterocycles. The maximum atomic E-state index is 13.1. The Labute approximate surface area is 224 Å². The number of hydrogen-bond donors (Lipinski definition) is 1. The number of benzene rings is 2. The molecule has 2 aromatic heterocycles. The molecule has 0 bridgehead atoms. The highest BCUT2D eigenvalue weighted by Crippen LogP contribution is 2.22. The Balaban J connectivity index is 1.24. The van der Waals surface area contributed by atoms with E-state index in [1.165, 1.54) is 18.7 Å². The van der Waals surface area contributed by atoms with Crippen LogP contribution < -0.4 is 10.2 Å². The highest BCUT2D eigenvalue weighted by atomic mass is 16.1. The molecule has 0 atom stereocenters. The summed E-state index contributed by atoms with van der Waals surface area (Å²) in [6.07, 6.45) is 7.05. The van der Waals surface area contributed by atoms with Crippen LogP contribution in [0.5, 0.6) is 0 Å². The summed E-state index contributed by atoms with van der Waals surface area (Å²) in [5.41, 5.74) is 6.51. The van der Waals surface area contributed by atoms with E-state index < -0.39 is 0 Å². The largest absolute Gasteiger partial charge is 0.369 e. The standard InChI is InChI=1S/C31H34N6O/c1-3-15-36-16-18-37(19-17-36)28-10-8-27(9-11-28)34-31(38)24-7-6-23(2)26(20-24)21-30-33-14-12-29(35-30)25-5-4-13-32-22-25/h4-14,20,22H,3,15-19,21H2,1-2H3,(H,34,38). The fourth-order valence-electron chi connectivity index (χ4n) is 4.84. The summed E-state index contributed by atoms with van der Waals surface area (Å²) in [4.78, 5) is 31.4. The Morgan fingerprint density at radius 2 is 1.79 bits per heavy atom. The second kappa shape index (κ2) is 12.0. The van der Waals surface area contributed by atoms with E-state index >= 15 is 0 Å². The highest BCUT2D eigenvalue weighted by Gasteiger charge is 2.17. The van der Waals surface area contributed by atoms with E-state index in [1.807, 2.05) is 55.5 Å². The van der Waals surface area contributed by atoms with Crippen LogP contribution in [0.1, 0.15) is 40.7 Å².